The zero-order valence-corrected chi connectivity index (χ0v) is 13.9. The van der Waals surface area contributed by atoms with Gasteiger partial charge < -0.3 is 9.26 Å². The molecule has 8 heteroatoms. The van der Waals surface area contributed by atoms with Crippen LogP contribution < -0.4 is 15.6 Å². The lowest BCUT2D eigenvalue weighted by molar-refractivity contribution is -0.132. The summed E-state index contributed by atoms with van der Waals surface area (Å²) in [5.74, 6) is -1.72. The van der Waals surface area contributed by atoms with Crippen LogP contribution in [-0.2, 0) is 16.0 Å². The molecule has 0 spiro atoms. The molecule has 0 aliphatic rings. The molecule has 7 nitrogen and oxygen atoms in total. The second kappa shape index (κ2) is 7.64. The van der Waals surface area contributed by atoms with E-state index >= 15 is 0 Å². The van der Waals surface area contributed by atoms with E-state index in [0.29, 0.717) is 11.3 Å². The summed E-state index contributed by atoms with van der Waals surface area (Å²) < 4.78 is 23.9. The lowest BCUT2D eigenvalue weighted by Gasteiger charge is -2.15. The van der Waals surface area contributed by atoms with Gasteiger partial charge in [0, 0.05) is 5.39 Å². The number of carbonyl (C=O) groups is 2. The second-order valence-electron chi connectivity index (χ2n) is 5.53. The van der Waals surface area contributed by atoms with Crippen molar-refractivity contribution in [1.29, 1.82) is 0 Å². The monoisotopic (exact) mass is 357 g/mol. The largest absolute Gasteiger partial charge is 0.478 e. The van der Waals surface area contributed by atoms with Crippen LogP contribution in [0.5, 0.6) is 5.75 Å². The molecule has 2 N–H and O–H groups in total. The van der Waals surface area contributed by atoms with E-state index in [-0.39, 0.29) is 12.2 Å². The number of ether oxygens (including phenoxy) is 1. The van der Waals surface area contributed by atoms with Crippen LogP contribution in [0.4, 0.5) is 4.39 Å². The summed E-state index contributed by atoms with van der Waals surface area (Å²) in [6.45, 7) is 1.44. The standard InChI is InChI=1S/C18H16FN3O4/c1-11(25-16-9-5-3-7-13(16)19)18(24)21-20-17(23)10-14-12-6-2-4-8-15(12)26-22-14/h2-9,11H,10H2,1H3,(H,20,23)(H,21,24)/t11-/m0/s1. The highest BCUT2D eigenvalue weighted by Crippen LogP contribution is 2.18. The van der Waals surface area contributed by atoms with Gasteiger partial charge in [0.25, 0.3) is 5.91 Å². The van der Waals surface area contributed by atoms with Gasteiger partial charge in [-0.1, -0.05) is 29.4 Å². The number of hydrogen-bond acceptors (Lipinski definition) is 5. The van der Waals surface area contributed by atoms with Crippen molar-refractivity contribution in [3.8, 4) is 5.75 Å². The average Bonchev–Trinajstić information content (AvgIpc) is 3.04. The fourth-order valence-electron chi connectivity index (χ4n) is 2.28. The van der Waals surface area contributed by atoms with Crippen LogP contribution in [-0.4, -0.2) is 23.1 Å². The van der Waals surface area contributed by atoms with Crippen molar-refractivity contribution < 1.29 is 23.2 Å². The SMILES string of the molecule is C[C@H](Oc1ccccc1F)C(=O)NNC(=O)Cc1noc2ccccc12. The maximum absolute atomic E-state index is 13.5. The Morgan fingerprint density at radius 2 is 1.88 bits per heavy atom. The van der Waals surface area contributed by atoms with Crippen molar-refractivity contribution in [2.24, 2.45) is 0 Å². The van der Waals surface area contributed by atoms with E-state index in [4.69, 9.17) is 9.26 Å². The van der Waals surface area contributed by atoms with Crippen LogP contribution in [0, 0.1) is 5.82 Å². The maximum atomic E-state index is 13.5. The van der Waals surface area contributed by atoms with Crippen LogP contribution in [0.1, 0.15) is 12.6 Å². The number of aromatic nitrogens is 1. The first-order valence-corrected chi connectivity index (χ1v) is 7.88. The molecule has 0 aliphatic carbocycles. The third kappa shape index (κ3) is 3.97. The number of nitrogens with zero attached hydrogens (tertiary/aromatic N) is 1. The summed E-state index contributed by atoms with van der Waals surface area (Å²) in [6.07, 6.45) is -1.07. The number of halogens is 1. The van der Waals surface area contributed by atoms with Gasteiger partial charge in [0.2, 0.25) is 5.91 Å². The van der Waals surface area contributed by atoms with Gasteiger partial charge in [-0.25, -0.2) is 4.39 Å². The number of para-hydroxylation sites is 2. The molecule has 1 aromatic heterocycles. The molecule has 0 bridgehead atoms. The van der Waals surface area contributed by atoms with Crippen molar-refractivity contribution in [1.82, 2.24) is 16.0 Å². The minimum absolute atomic E-state index is 0.0458. The molecular formula is C18H16FN3O4. The molecule has 0 saturated carbocycles. The third-order valence-electron chi connectivity index (χ3n) is 3.61. The summed E-state index contributed by atoms with van der Waals surface area (Å²) in [7, 11) is 0. The molecule has 0 unspecified atom stereocenters. The van der Waals surface area contributed by atoms with Crippen LogP contribution in [0.15, 0.2) is 53.1 Å². The molecule has 0 radical (unpaired) electrons. The summed E-state index contributed by atoms with van der Waals surface area (Å²) in [4.78, 5) is 24.0. The highest BCUT2D eigenvalue weighted by Gasteiger charge is 2.18. The van der Waals surface area contributed by atoms with Gasteiger partial charge in [0.05, 0.1) is 6.42 Å². The number of nitrogens with one attached hydrogen (secondary N) is 2. The summed E-state index contributed by atoms with van der Waals surface area (Å²) in [6, 6.07) is 12.9. The molecule has 2 aromatic carbocycles. The lowest BCUT2D eigenvalue weighted by Crippen LogP contribution is -2.47. The zero-order valence-electron chi connectivity index (χ0n) is 13.9. The number of benzene rings is 2. The topological polar surface area (TPSA) is 93.5 Å². The Bertz CT molecular complexity index is 941. The predicted molar refractivity (Wildman–Crippen MR) is 90.5 cm³/mol. The molecule has 3 rings (SSSR count). The van der Waals surface area contributed by atoms with Crippen molar-refractivity contribution in [3.63, 3.8) is 0 Å². The van der Waals surface area contributed by atoms with E-state index in [1.165, 1.54) is 25.1 Å². The van der Waals surface area contributed by atoms with Crippen LogP contribution in [0.3, 0.4) is 0 Å². The smallest absolute Gasteiger partial charge is 0.279 e. The highest BCUT2D eigenvalue weighted by atomic mass is 19.1. The molecule has 134 valence electrons. The van der Waals surface area contributed by atoms with Gasteiger partial charge >= 0.3 is 0 Å². The predicted octanol–water partition coefficient (Wildman–Crippen LogP) is 2.12. The quantitative estimate of drug-likeness (QED) is 0.682. The normalized spacial score (nSPS) is 11.8. The Kier molecular flexibility index (Phi) is 5.12. The summed E-state index contributed by atoms with van der Waals surface area (Å²) >= 11 is 0. The number of rotatable bonds is 5. The van der Waals surface area contributed by atoms with E-state index in [0.717, 1.165) is 5.39 Å². The van der Waals surface area contributed by atoms with Gasteiger partial charge in [-0.15, -0.1) is 0 Å². The number of hydrogen-bond donors (Lipinski definition) is 2. The first-order chi connectivity index (χ1) is 12.5. The molecule has 1 atom stereocenters. The fourth-order valence-corrected chi connectivity index (χ4v) is 2.28. The van der Waals surface area contributed by atoms with Crippen molar-refractivity contribution in [2.75, 3.05) is 0 Å². The van der Waals surface area contributed by atoms with Gasteiger partial charge in [-0.3, -0.25) is 20.4 Å². The van der Waals surface area contributed by atoms with Crippen LogP contribution >= 0.6 is 0 Å². The Morgan fingerprint density at radius 1 is 1.15 bits per heavy atom. The van der Waals surface area contributed by atoms with Gasteiger partial charge in [-0.2, -0.15) is 0 Å². The number of fused-ring (bicyclic) bond motifs is 1. The van der Waals surface area contributed by atoms with E-state index in [9.17, 15) is 14.0 Å². The minimum atomic E-state index is -1.000. The Balaban J connectivity index is 1.52. The molecule has 0 aliphatic heterocycles. The number of carbonyl (C=O) groups excluding carboxylic acids is 2. The van der Waals surface area contributed by atoms with Crippen LogP contribution in [0.25, 0.3) is 11.0 Å². The number of hydrazine groups is 1. The Hall–Kier alpha value is -3.42. The molecule has 2 amide bonds. The second-order valence-corrected chi connectivity index (χ2v) is 5.53. The highest BCUT2D eigenvalue weighted by molar-refractivity contribution is 5.88. The van der Waals surface area contributed by atoms with Crippen LogP contribution in [0.2, 0.25) is 0 Å². The average molecular weight is 357 g/mol. The molecule has 26 heavy (non-hydrogen) atoms. The third-order valence-corrected chi connectivity index (χ3v) is 3.61. The summed E-state index contributed by atoms with van der Waals surface area (Å²) in [5.41, 5.74) is 5.55. The number of amides is 2. The van der Waals surface area contributed by atoms with Gasteiger partial charge in [0.15, 0.2) is 23.3 Å². The first-order valence-electron chi connectivity index (χ1n) is 7.88. The Morgan fingerprint density at radius 3 is 2.69 bits per heavy atom. The minimum Gasteiger partial charge on any atom is -0.478 e. The fraction of sp³-hybridized carbons (Fsp3) is 0.167. The first kappa shape index (κ1) is 17.4. The van der Waals surface area contributed by atoms with Crippen molar-refractivity contribution >= 4 is 22.8 Å². The van der Waals surface area contributed by atoms with Crippen molar-refractivity contribution in [3.05, 3.63) is 60.0 Å². The van der Waals surface area contributed by atoms with E-state index in [1.807, 2.05) is 6.07 Å². The summed E-state index contributed by atoms with van der Waals surface area (Å²) in [5, 5.41) is 4.58. The lowest BCUT2D eigenvalue weighted by atomic mass is 10.2. The molecule has 1 heterocycles. The van der Waals surface area contributed by atoms with Gasteiger partial charge in [-0.05, 0) is 31.2 Å². The van der Waals surface area contributed by atoms with Gasteiger partial charge in [0.1, 0.15) is 5.69 Å². The molecule has 3 aromatic rings. The van der Waals surface area contributed by atoms with Crippen molar-refractivity contribution in [2.45, 2.75) is 19.4 Å². The molecular weight excluding hydrogens is 341 g/mol. The molecule has 0 fully saturated rings. The molecule has 0 saturated heterocycles. The maximum Gasteiger partial charge on any atom is 0.279 e. The zero-order chi connectivity index (χ0) is 18.5. The van der Waals surface area contributed by atoms with E-state index in [2.05, 4.69) is 16.0 Å². The Labute approximate surface area is 148 Å². The van der Waals surface area contributed by atoms with E-state index in [1.54, 1.807) is 24.3 Å². The van der Waals surface area contributed by atoms with E-state index < -0.39 is 23.7 Å².